The Morgan fingerprint density at radius 2 is 1.91 bits per heavy atom. The zero-order chi connectivity index (χ0) is 24.0. The summed E-state index contributed by atoms with van der Waals surface area (Å²) in [5, 5.41) is 6.03. The van der Waals surface area contributed by atoms with Gasteiger partial charge in [0.15, 0.2) is 5.65 Å². The van der Waals surface area contributed by atoms with Gasteiger partial charge in [0, 0.05) is 29.8 Å². The van der Waals surface area contributed by atoms with E-state index in [0.717, 1.165) is 25.7 Å². The zero-order valence-corrected chi connectivity index (χ0v) is 19.4. The minimum atomic E-state index is -0.652. The highest BCUT2D eigenvalue weighted by Gasteiger charge is 2.30. The summed E-state index contributed by atoms with van der Waals surface area (Å²) < 4.78 is 1.41. The lowest BCUT2D eigenvalue weighted by atomic mass is 10.1. The molecular weight excluding hydrogens is 458 g/mol. The molecule has 0 atom stereocenters. The maximum absolute atomic E-state index is 13.4. The van der Waals surface area contributed by atoms with Gasteiger partial charge in [-0.1, -0.05) is 18.5 Å². The van der Waals surface area contributed by atoms with Gasteiger partial charge in [0.25, 0.3) is 11.5 Å². The van der Waals surface area contributed by atoms with E-state index in [1.165, 1.54) is 4.57 Å². The maximum atomic E-state index is 13.4. The van der Waals surface area contributed by atoms with Crippen LogP contribution in [0.2, 0.25) is 5.02 Å². The van der Waals surface area contributed by atoms with Crippen molar-refractivity contribution < 1.29 is 9.59 Å². The third-order valence-corrected chi connectivity index (χ3v) is 6.42. The van der Waals surface area contributed by atoms with E-state index in [1.807, 2.05) is 6.92 Å². The molecule has 2 fully saturated rings. The summed E-state index contributed by atoms with van der Waals surface area (Å²) in [4.78, 5) is 57.6. The third kappa shape index (κ3) is 4.35. The number of amides is 2. The number of fused-ring (bicyclic) bond motifs is 1. The molecule has 2 aliphatic rings. The average molecular weight is 482 g/mol. The number of carbonyl (C=O) groups is 2. The van der Waals surface area contributed by atoms with Crippen molar-refractivity contribution in [1.82, 2.24) is 14.5 Å². The predicted molar refractivity (Wildman–Crippen MR) is 130 cm³/mol. The molecule has 0 bridgehead atoms. The van der Waals surface area contributed by atoms with Crippen molar-refractivity contribution in [3.05, 3.63) is 61.4 Å². The molecule has 2 saturated carbocycles. The first kappa shape index (κ1) is 22.3. The fourth-order valence-electron chi connectivity index (χ4n) is 3.97. The smallest absolute Gasteiger partial charge is 0.324 e. The molecule has 2 aliphatic carbocycles. The number of nitrogens with one attached hydrogen (secondary N) is 3. The largest absolute Gasteiger partial charge is 0.329 e. The minimum Gasteiger partial charge on any atom is -0.324 e. The Kier molecular flexibility index (Phi) is 5.73. The molecule has 1 aromatic carbocycles. The number of hydrogen-bond acceptors (Lipinski definition) is 5. The number of aryl methyl sites for hydroxylation is 1. The molecule has 2 amide bonds. The zero-order valence-electron chi connectivity index (χ0n) is 18.6. The van der Waals surface area contributed by atoms with Crippen molar-refractivity contribution in [3.63, 3.8) is 0 Å². The maximum Gasteiger partial charge on any atom is 0.329 e. The Morgan fingerprint density at radius 3 is 2.59 bits per heavy atom. The molecule has 10 heteroatoms. The van der Waals surface area contributed by atoms with Crippen LogP contribution in [0.5, 0.6) is 0 Å². The topological polar surface area (TPSA) is 126 Å². The molecular formula is C24H24ClN5O4. The van der Waals surface area contributed by atoms with Crippen LogP contribution >= 0.6 is 11.6 Å². The highest BCUT2D eigenvalue weighted by atomic mass is 35.5. The summed E-state index contributed by atoms with van der Waals surface area (Å²) in [6, 6.07) is 6.43. The van der Waals surface area contributed by atoms with Crippen molar-refractivity contribution in [1.29, 1.82) is 0 Å². The van der Waals surface area contributed by atoms with Gasteiger partial charge in [0.05, 0.1) is 21.7 Å². The summed E-state index contributed by atoms with van der Waals surface area (Å²) >= 11 is 6.23. The van der Waals surface area contributed by atoms with Crippen LogP contribution in [0.25, 0.3) is 11.0 Å². The predicted octanol–water partition coefficient (Wildman–Crippen LogP) is 3.63. The van der Waals surface area contributed by atoms with Gasteiger partial charge in [-0.05, 0) is 56.4 Å². The van der Waals surface area contributed by atoms with E-state index in [2.05, 4.69) is 20.6 Å². The van der Waals surface area contributed by atoms with Crippen LogP contribution in [0, 0.1) is 5.92 Å². The SMILES string of the molecule is CCCn1c(=O)[nH]c(=O)c2c(C(=O)Nc3ccc(Cl)c(NC(=O)C4CC4)c3)cc(C3CC3)nc21. The first-order valence-corrected chi connectivity index (χ1v) is 11.8. The van der Waals surface area contributed by atoms with E-state index < -0.39 is 17.2 Å². The number of H-pyrrole nitrogens is 1. The van der Waals surface area contributed by atoms with Gasteiger partial charge >= 0.3 is 5.69 Å². The van der Waals surface area contributed by atoms with Crippen molar-refractivity contribution >= 4 is 45.8 Å². The number of rotatable bonds is 7. The summed E-state index contributed by atoms with van der Waals surface area (Å²) in [7, 11) is 0. The molecule has 3 aromatic rings. The van der Waals surface area contributed by atoms with Gasteiger partial charge in [-0.25, -0.2) is 9.78 Å². The van der Waals surface area contributed by atoms with Crippen molar-refractivity contribution in [2.75, 3.05) is 10.6 Å². The highest BCUT2D eigenvalue weighted by Crippen LogP contribution is 2.40. The second-order valence-corrected chi connectivity index (χ2v) is 9.30. The number of nitrogens with zero attached hydrogens (tertiary/aromatic N) is 2. The van der Waals surface area contributed by atoms with Gasteiger partial charge in [0.1, 0.15) is 0 Å². The summed E-state index contributed by atoms with van der Waals surface area (Å²) in [5.74, 6) is -0.394. The summed E-state index contributed by atoms with van der Waals surface area (Å²) in [5.41, 5.74) is 0.692. The Hall–Kier alpha value is -3.46. The molecule has 0 saturated heterocycles. The van der Waals surface area contributed by atoms with Crippen LogP contribution in [-0.2, 0) is 11.3 Å². The van der Waals surface area contributed by atoms with Gasteiger partial charge in [0.2, 0.25) is 5.91 Å². The first-order valence-electron chi connectivity index (χ1n) is 11.4. The second kappa shape index (κ2) is 8.72. The van der Waals surface area contributed by atoms with Gasteiger partial charge in [-0.15, -0.1) is 0 Å². The molecule has 2 aromatic heterocycles. The number of aromatic nitrogens is 3. The molecule has 9 nitrogen and oxygen atoms in total. The first-order chi connectivity index (χ1) is 16.4. The lowest BCUT2D eigenvalue weighted by Gasteiger charge is -2.14. The van der Waals surface area contributed by atoms with Crippen LogP contribution < -0.4 is 21.9 Å². The van der Waals surface area contributed by atoms with E-state index in [-0.39, 0.29) is 34.3 Å². The van der Waals surface area contributed by atoms with E-state index in [1.54, 1.807) is 24.3 Å². The molecule has 2 heterocycles. The molecule has 5 rings (SSSR count). The standard InChI is InChI=1S/C24H24ClN5O4/c1-2-9-30-20-19(23(33)29-24(30)34)15(11-17(27-20)12-3-4-12)22(32)26-14-7-8-16(25)18(10-14)28-21(31)13-5-6-13/h7-8,10-13H,2-6,9H2,1H3,(H,26,32)(H,28,31)(H,29,33,34). The van der Waals surface area contributed by atoms with Crippen LogP contribution in [0.15, 0.2) is 33.9 Å². The average Bonchev–Trinajstić information content (AvgIpc) is 3.70. The number of halogens is 1. The van der Waals surface area contributed by atoms with Crippen molar-refractivity contribution in [2.24, 2.45) is 5.92 Å². The number of benzene rings is 1. The van der Waals surface area contributed by atoms with Crippen LogP contribution in [0.4, 0.5) is 11.4 Å². The van der Waals surface area contributed by atoms with E-state index in [0.29, 0.717) is 35.1 Å². The molecule has 176 valence electrons. The number of carbonyl (C=O) groups excluding carboxylic acids is 2. The Labute approximate surface area is 199 Å². The normalized spacial score (nSPS) is 15.4. The second-order valence-electron chi connectivity index (χ2n) is 8.89. The fraction of sp³-hybridized carbons (Fsp3) is 0.375. The van der Waals surface area contributed by atoms with E-state index in [4.69, 9.17) is 11.6 Å². The third-order valence-electron chi connectivity index (χ3n) is 6.09. The number of aromatic amines is 1. The fourth-order valence-corrected chi connectivity index (χ4v) is 4.13. The van der Waals surface area contributed by atoms with Gasteiger partial charge in [-0.2, -0.15) is 0 Å². The molecule has 0 unspecified atom stereocenters. The Balaban J connectivity index is 1.54. The minimum absolute atomic E-state index is 0.00536. The lowest BCUT2D eigenvalue weighted by Crippen LogP contribution is -2.32. The highest BCUT2D eigenvalue weighted by molar-refractivity contribution is 6.34. The molecule has 0 radical (unpaired) electrons. The molecule has 3 N–H and O–H groups in total. The van der Waals surface area contributed by atoms with Crippen LogP contribution in [-0.4, -0.2) is 26.3 Å². The van der Waals surface area contributed by atoms with Crippen molar-refractivity contribution in [3.8, 4) is 0 Å². The Morgan fingerprint density at radius 1 is 1.15 bits per heavy atom. The quantitative estimate of drug-likeness (QED) is 0.475. The monoisotopic (exact) mass is 481 g/mol. The Bertz CT molecular complexity index is 1440. The number of hydrogen-bond donors (Lipinski definition) is 3. The van der Waals surface area contributed by atoms with Gasteiger partial charge in [-0.3, -0.25) is 23.9 Å². The number of pyridine rings is 1. The number of anilines is 2. The summed E-state index contributed by atoms with van der Waals surface area (Å²) in [6.45, 7) is 2.29. The molecule has 0 aliphatic heterocycles. The van der Waals surface area contributed by atoms with Crippen molar-refractivity contribution in [2.45, 2.75) is 51.5 Å². The molecule has 34 heavy (non-hydrogen) atoms. The van der Waals surface area contributed by atoms with E-state index in [9.17, 15) is 19.2 Å². The van der Waals surface area contributed by atoms with Gasteiger partial charge < -0.3 is 10.6 Å². The summed E-state index contributed by atoms with van der Waals surface area (Å²) in [6.07, 6.45) is 4.27. The van der Waals surface area contributed by atoms with Crippen LogP contribution in [0.1, 0.15) is 61.0 Å². The molecule has 0 spiro atoms. The lowest BCUT2D eigenvalue weighted by molar-refractivity contribution is -0.117. The van der Waals surface area contributed by atoms with E-state index >= 15 is 0 Å². The van der Waals surface area contributed by atoms with Crippen LogP contribution in [0.3, 0.4) is 0 Å².